The molecule has 9 nitrogen and oxygen atoms in total. The lowest BCUT2D eigenvalue weighted by Crippen LogP contribution is -2.20. The molecule has 0 saturated carbocycles. The number of phenols is 3. The Bertz CT molecular complexity index is 1100. The number of hydrogen-bond acceptors (Lipinski definition) is 9. The van der Waals surface area contributed by atoms with Gasteiger partial charge < -0.3 is 24.8 Å². The first-order chi connectivity index (χ1) is 16.7. The first-order valence-electron chi connectivity index (χ1n) is 11.5. The average molecular weight is 487 g/mol. The number of hydrogen-bond donors (Lipinski definition) is 3. The van der Waals surface area contributed by atoms with Crippen LogP contribution in [0.3, 0.4) is 0 Å². The summed E-state index contributed by atoms with van der Waals surface area (Å²) in [5.74, 6) is -5.84. The van der Waals surface area contributed by atoms with Gasteiger partial charge in [0.05, 0.1) is 16.7 Å². The fourth-order valence-electron chi connectivity index (χ4n) is 3.43. The number of ether oxygens (including phenoxy) is 2. The van der Waals surface area contributed by atoms with Gasteiger partial charge in [-0.1, -0.05) is 32.9 Å². The van der Waals surface area contributed by atoms with Crippen LogP contribution in [0.1, 0.15) is 95.9 Å². The van der Waals surface area contributed by atoms with Crippen LogP contribution in [0.4, 0.5) is 0 Å². The molecule has 188 valence electrons. The SMILES string of the molecule is CCCC(=O)Oc1c(O)c(O)c(C(=O)CCC)c(C(=O)OCc2ccc(O)cc2)c1C(=O)CCC. The smallest absolute Gasteiger partial charge is 0.340 e. The van der Waals surface area contributed by atoms with E-state index < -0.39 is 57.4 Å². The summed E-state index contributed by atoms with van der Waals surface area (Å²) in [6.07, 6.45) is 0.941. The van der Waals surface area contributed by atoms with Crippen LogP contribution >= 0.6 is 0 Å². The minimum atomic E-state index is -1.11. The number of esters is 2. The van der Waals surface area contributed by atoms with Crippen molar-refractivity contribution in [1.29, 1.82) is 0 Å². The van der Waals surface area contributed by atoms with E-state index in [0.29, 0.717) is 24.8 Å². The predicted molar refractivity (Wildman–Crippen MR) is 126 cm³/mol. The Morgan fingerprint density at radius 1 is 0.714 bits per heavy atom. The zero-order valence-corrected chi connectivity index (χ0v) is 20.1. The number of carbonyl (C=O) groups excluding carboxylic acids is 4. The van der Waals surface area contributed by atoms with Gasteiger partial charge >= 0.3 is 11.9 Å². The summed E-state index contributed by atoms with van der Waals surface area (Å²) in [6, 6.07) is 5.82. The van der Waals surface area contributed by atoms with E-state index in [1.807, 2.05) is 0 Å². The first-order valence-corrected chi connectivity index (χ1v) is 11.5. The quantitative estimate of drug-likeness (QED) is 0.166. The van der Waals surface area contributed by atoms with Crippen LogP contribution < -0.4 is 4.74 Å². The molecule has 0 aliphatic rings. The van der Waals surface area contributed by atoms with Gasteiger partial charge in [-0.2, -0.15) is 0 Å². The summed E-state index contributed by atoms with van der Waals surface area (Å²) in [4.78, 5) is 51.5. The second-order valence-electron chi connectivity index (χ2n) is 7.96. The Morgan fingerprint density at radius 2 is 1.26 bits per heavy atom. The van der Waals surface area contributed by atoms with Gasteiger partial charge in [0, 0.05) is 19.3 Å². The highest BCUT2D eigenvalue weighted by molar-refractivity contribution is 6.17. The maximum absolute atomic E-state index is 13.3. The van der Waals surface area contributed by atoms with Crippen LogP contribution in [-0.4, -0.2) is 38.8 Å². The van der Waals surface area contributed by atoms with Gasteiger partial charge in [-0.25, -0.2) is 4.79 Å². The largest absolute Gasteiger partial charge is 0.508 e. The highest BCUT2D eigenvalue weighted by Gasteiger charge is 2.36. The van der Waals surface area contributed by atoms with Crippen LogP contribution in [0.2, 0.25) is 0 Å². The molecule has 3 N–H and O–H groups in total. The van der Waals surface area contributed by atoms with Crippen LogP contribution in [0, 0.1) is 0 Å². The molecule has 9 heteroatoms. The molecule has 2 rings (SSSR count). The third-order valence-corrected chi connectivity index (χ3v) is 5.10. The molecule has 2 aromatic rings. The molecule has 2 aromatic carbocycles. The second kappa shape index (κ2) is 12.5. The van der Waals surface area contributed by atoms with Crippen molar-refractivity contribution in [1.82, 2.24) is 0 Å². The molecule has 0 heterocycles. The molecule has 0 aliphatic carbocycles. The highest BCUT2D eigenvalue weighted by atomic mass is 16.5. The Kier molecular flexibility index (Phi) is 9.81. The van der Waals surface area contributed by atoms with Crippen molar-refractivity contribution in [2.45, 2.75) is 65.9 Å². The number of benzene rings is 2. The summed E-state index contributed by atoms with van der Waals surface area (Å²) < 4.78 is 10.5. The summed E-state index contributed by atoms with van der Waals surface area (Å²) >= 11 is 0. The normalized spacial score (nSPS) is 10.6. The van der Waals surface area contributed by atoms with Gasteiger partial charge in [-0.3, -0.25) is 14.4 Å². The monoisotopic (exact) mass is 486 g/mol. The van der Waals surface area contributed by atoms with Crippen molar-refractivity contribution < 1.29 is 44.0 Å². The van der Waals surface area contributed by atoms with Gasteiger partial charge in [-0.15, -0.1) is 0 Å². The maximum atomic E-state index is 13.3. The zero-order valence-electron chi connectivity index (χ0n) is 20.1. The number of carbonyl (C=O) groups is 4. The van der Waals surface area contributed by atoms with Crippen molar-refractivity contribution in [3.63, 3.8) is 0 Å². The Morgan fingerprint density at radius 3 is 1.80 bits per heavy atom. The third-order valence-electron chi connectivity index (χ3n) is 5.10. The summed E-state index contributed by atoms with van der Waals surface area (Å²) in [7, 11) is 0. The van der Waals surface area contributed by atoms with E-state index in [-0.39, 0.29) is 31.6 Å². The van der Waals surface area contributed by atoms with Gasteiger partial charge in [0.1, 0.15) is 12.4 Å². The molecule has 35 heavy (non-hydrogen) atoms. The molecule has 0 radical (unpaired) electrons. The van der Waals surface area contributed by atoms with Crippen molar-refractivity contribution in [2.24, 2.45) is 0 Å². The van der Waals surface area contributed by atoms with Crippen molar-refractivity contribution in [2.75, 3.05) is 0 Å². The lowest BCUT2D eigenvalue weighted by molar-refractivity contribution is -0.134. The standard InChI is InChI=1S/C26H30O9/c1-4-7-17(28)20-22(26(33)34-14-15-10-12-16(27)13-11-15)21(18(29)8-5-2)25(24(32)23(20)31)35-19(30)9-6-3/h10-13,27,31-32H,4-9,14H2,1-3H3. The topological polar surface area (TPSA) is 147 Å². The van der Waals surface area contributed by atoms with Crippen molar-refractivity contribution >= 4 is 23.5 Å². The predicted octanol–water partition coefficient (Wildman–Crippen LogP) is 4.83. The molecule has 0 bridgehead atoms. The summed E-state index contributed by atoms with van der Waals surface area (Å²) in [6.45, 7) is 4.88. The van der Waals surface area contributed by atoms with Gasteiger partial charge in [0.25, 0.3) is 0 Å². The van der Waals surface area contributed by atoms with Gasteiger partial charge in [0.2, 0.25) is 5.75 Å². The average Bonchev–Trinajstić information content (AvgIpc) is 2.81. The van der Waals surface area contributed by atoms with Crippen LogP contribution in [0.5, 0.6) is 23.0 Å². The molecule has 0 atom stereocenters. The summed E-state index contributed by atoms with van der Waals surface area (Å²) in [5.41, 5.74) is -1.09. The molecule has 0 aliphatic heterocycles. The first kappa shape index (κ1) is 27.4. The van der Waals surface area contributed by atoms with E-state index in [2.05, 4.69) is 0 Å². The molecule has 0 fully saturated rings. The van der Waals surface area contributed by atoms with E-state index >= 15 is 0 Å². The molecular weight excluding hydrogens is 456 g/mol. The Labute approximate surface area is 203 Å². The number of ketones is 2. The van der Waals surface area contributed by atoms with E-state index in [9.17, 15) is 34.5 Å². The zero-order chi connectivity index (χ0) is 26.1. The van der Waals surface area contributed by atoms with Crippen LogP contribution in [-0.2, 0) is 16.1 Å². The second-order valence-corrected chi connectivity index (χ2v) is 7.96. The van der Waals surface area contributed by atoms with E-state index in [1.165, 1.54) is 24.3 Å². The molecule has 0 saturated heterocycles. The highest BCUT2D eigenvalue weighted by Crippen LogP contribution is 2.46. The lowest BCUT2D eigenvalue weighted by atomic mass is 9.90. The maximum Gasteiger partial charge on any atom is 0.340 e. The number of phenolic OH excluding ortho intramolecular Hbond substituents is 3. The molecule has 0 aromatic heterocycles. The van der Waals surface area contributed by atoms with Gasteiger partial charge in [-0.05, 0) is 37.0 Å². The van der Waals surface area contributed by atoms with E-state index in [1.54, 1.807) is 20.8 Å². The minimum Gasteiger partial charge on any atom is -0.508 e. The third kappa shape index (κ3) is 6.59. The summed E-state index contributed by atoms with van der Waals surface area (Å²) in [5, 5.41) is 30.8. The van der Waals surface area contributed by atoms with Crippen LogP contribution in [0.25, 0.3) is 0 Å². The fourth-order valence-corrected chi connectivity index (χ4v) is 3.43. The Hall–Kier alpha value is -3.88. The number of aromatic hydroxyl groups is 3. The van der Waals surface area contributed by atoms with E-state index in [0.717, 1.165) is 0 Å². The van der Waals surface area contributed by atoms with Gasteiger partial charge in [0.15, 0.2) is 23.1 Å². The molecule has 0 spiro atoms. The van der Waals surface area contributed by atoms with E-state index in [4.69, 9.17) is 9.47 Å². The molecular formula is C26H30O9. The van der Waals surface area contributed by atoms with Crippen molar-refractivity contribution in [3.05, 3.63) is 46.5 Å². The minimum absolute atomic E-state index is 0.0157. The molecule has 0 unspecified atom stereocenters. The number of rotatable bonds is 12. The lowest BCUT2D eigenvalue weighted by Gasteiger charge is -2.19. The number of Topliss-reactive ketones (excluding diaryl/α,β-unsaturated/α-hetero) is 2. The Balaban J connectivity index is 2.72. The van der Waals surface area contributed by atoms with Crippen LogP contribution in [0.15, 0.2) is 24.3 Å². The fraction of sp³-hybridized carbons (Fsp3) is 0.385. The molecule has 0 amide bonds. The van der Waals surface area contributed by atoms with Crippen molar-refractivity contribution in [3.8, 4) is 23.0 Å².